The molecule has 0 radical (unpaired) electrons. The maximum Gasteiger partial charge on any atom is 0.317 e. The first kappa shape index (κ1) is 15.1. The zero-order valence-corrected chi connectivity index (χ0v) is 13.8. The molecule has 1 aliphatic carbocycles. The summed E-state index contributed by atoms with van der Waals surface area (Å²) in [4.78, 5) is 17.2. The fraction of sp³-hybridized carbons (Fsp3) is 0.941. The van der Waals surface area contributed by atoms with E-state index in [2.05, 4.69) is 35.9 Å². The Balaban J connectivity index is 1.55. The molecule has 2 heterocycles. The number of hydrogen-bond acceptors (Lipinski definition) is 2. The third-order valence-electron chi connectivity index (χ3n) is 5.48. The minimum atomic E-state index is 0.166. The maximum atomic E-state index is 12.5. The molecule has 4 nitrogen and oxygen atoms in total. The molecule has 0 aromatic rings. The van der Waals surface area contributed by atoms with Crippen molar-refractivity contribution in [1.29, 1.82) is 0 Å². The Hall–Kier alpha value is -0.770. The second-order valence-electron chi connectivity index (χ2n) is 7.69. The van der Waals surface area contributed by atoms with Gasteiger partial charge in [0.05, 0.1) is 0 Å². The zero-order valence-electron chi connectivity index (χ0n) is 13.8. The molecule has 2 bridgehead atoms. The lowest BCUT2D eigenvalue weighted by Crippen LogP contribution is -2.48. The molecule has 120 valence electrons. The average molecular weight is 293 g/mol. The Kier molecular flexibility index (Phi) is 4.43. The van der Waals surface area contributed by atoms with Gasteiger partial charge in [0.15, 0.2) is 0 Å². The number of nitrogens with one attached hydrogen (secondary N) is 1. The fourth-order valence-corrected chi connectivity index (χ4v) is 4.35. The van der Waals surface area contributed by atoms with Crippen molar-refractivity contribution in [2.45, 2.75) is 83.5 Å². The second kappa shape index (κ2) is 6.15. The monoisotopic (exact) mass is 293 g/mol. The van der Waals surface area contributed by atoms with Crippen LogP contribution in [0.15, 0.2) is 0 Å². The van der Waals surface area contributed by atoms with Gasteiger partial charge in [-0.1, -0.05) is 12.8 Å². The SMILES string of the molecule is CC(CC1CC1)NC(=O)N1CCC2CCC(C1)N2C(C)C. The molecular formula is C17H31N3O. The van der Waals surface area contributed by atoms with Gasteiger partial charge in [-0.2, -0.15) is 0 Å². The topological polar surface area (TPSA) is 35.6 Å². The summed E-state index contributed by atoms with van der Waals surface area (Å²) < 4.78 is 0. The molecule has 3 atom stereocenters. The lowest BCUT2D eigenvalue weighted by atomic mass is 10.1. The standard InChI is InChI=1S/C17H31N3O/c1-12(2)20-15-6-7-16(20)11-19(9-8-15)17(21)18-13(3)10-14-4-5-14/h12-16H,4-11H2,1-3H3,(H,18,21). The first-order chi connectivity index (χ1) is 10.0. The summed E-state index contributed by atoms with van der Waals surface area (Å²) in [6.07, 6.45) is 7.58. The molecule has 3 rings (SSSR count). The van der Waals surface area contributed by atoms with Gasteiger partial charge in [-0.3, -0.25) is 4.90 Å². The molecule has 0 aromatic heterocycles. The van der Waals surface area contributed by atoms with Gasteiger partial charge in [0, 0.05) is 37.3 Å². The van der Waals surface area contributed by atoms with Crippen molar-refractivity contribution in [3.8, 4) is 0 Å². The van der Waals surface area contributed by atoms with Gasteiger partial charge in [0.25, 0.3) is 0 Å². The van der Waals surface area contributed by atoms with Crippen LogP contribution in [0.1, 0.15) is 59.3 Å². The molecule has 2 aliphatic heterocycles. The molecule has 3 unspecified atom stereocenters. The second-order valence-corrected chi connectivity index (χ2v) is 7.69. The number of likely N-dealkylation sites (tertiary alicyclic amines) is 1. The van der Waals surface area contributed by atoms with Crippen LogP contribution in [0.3, 0.4) is 0 Å². The molecule has 4 heteroatoms. The molecule has 21 heavy (non-hydrogen) atoms. The van der Waals surface area contributed by atoms with Gasteiger partial charge in [0.2, 0.25) is 0 Å². The van der Waals surface area contributed by atoms with Crippen LogP contribution in [0.5, 0.6) is 0 Å². The van der Waals surface area contributed by atoms with Crippen molar-refractivity contribution in [2.75, 3.05) is 13.1 Å². The number of rotatable bonds is 4. The lowest BCUT2D eigenvalue weighted by molar-refractivity contribution is 0.146. The number of carbonyl (C=O) groups is 1. The number of carbonyl (C=O) groups excluding carboxylic acids is 1. The first-order valence-electron chi connectivity index (χ1n) is 8.87. The smallest absolute Gasteiger partial charge is 0.317 e. The predicted molar refractivity (Wildman–Crippen MR) is 85.3 cm³/mol. The lowest BCUT2D eigenvalue weighted by Gasteiger charge is -2.32. The van der Waals surface area contributed by atoms with E-state index in [9.17, 15) is 4.79 Å². The van der Waals surface area contributed by atoms with E-state index in [1.54, 1.807) is 0 Å². The van der Waals surface area contributed by atoms with Gasteiger partial charge >= 0.3 is 6.03 Å². The molecule has 0 spiro atoms. The highest BCUT2D eigenvalue weighted by Gasteiger charge is 2.39. The highest BCUT2D eigenvalue weighted by molar-refractivity contribution is 5.74. The molecule has 3 fully saturated rings. The highest BCUT2D eigenvalue weighted by Crippen LogP contribution is 2.34. The van der Waals surface area contributed by atoms with Gasteiger partial charge in [-0.25, -0.2) is 4.79 Å². The van der Waals surface area contributed by atoms with Crippen LogP contribution in [0.4, 0.5) is 4.79 Å². The summed E-state index contributed by atoms with van der Waals surface area (Å²) in [5, 5.41) is 3.22. The van der Waals surface area contributed by atoms with Gasteiger partial charge < -0.3 is 10.2 Å². The summed E-state index contributed by atoms with van der Waals surface area (Å²) in [6, 6.07) is 2.35. The number of urea groups is 1. The van der Waals surface area contributed by atoms with Crippen molar-refractivity contribution < 1.29 is 4.79 Å². The van der Waals surface area contributed by atoms with Crippen LogP contribution in [-0.4, -0.2) is 53.1 Å². The van der Waals surface area contributed by atoms with Crippen LogP contribution >= 0.6 is 0 Å². The van der Waals surface area contributed by atoms with E-state index >= 15 is 0 Å². The van der Waals surface area contributed by atoms with Crippen molar-refractivity contribution in [2.24, 2.45) is 5.92 Å². The minimum absolute atomic E-state index is 0.166. The largest absolute Gasteiger partial charge is 0.336 e. The van der Waals surface area contributed by atoms with E-state index in [0.29, 0.717) is 24.2 Å². The Labute approximate surface area is 129 Å². The highest BCUT2D eigenvalue weighted by atomic mass is 16.2. The number of hydrogen-bond donors (Lipinski definition) is 1. The number of fused-ring (bicyclic) bond motifs is 2. The predicted octanol–water partition coefficient (Wildman–Crippen LogP) is 2.83. The Morgan fingerprint density at radius 3 is 2.48 bits per heavy atom. The van der Waals surface area contributed by atoms with Crippen LogP contribution in [0.25, 0.3) is 0 Å². The summed E-state index contributed by atoms with van der Waals surface area (Å²) in [5.74, 6) is 0.872. The quantitative estimate of drug-likeness (QED) is 0.865. The number of nitrogens with zero attached hydrogens (tertiary/aromatic N) is 2. The molecule has 2 amide bonds. The zero-order chi connectivity index (χ0) is 15.0. The van der Waals surface area contributed by atoms with E-state index in [-0.39, 0.29) is 6.03 Å². The Morgan fingerprint density at radius 1 is 1.10 bits per heavy atom. The normalized spacial score (nSPS) is 31.3. The summed E-state index contributed by atoms with van der Waals surface area (Å²) >= 11 is 0. The molecular weight excluding hydrogens is 262 g/mol. The summed E-state index contributed by atoms with van der Waals surface area (Å²) in [7, 11) is 0. The van der Waals surface area contributed by atoms with Crippen LogP contribution in [-0.2, 0) is 0 Å². The van der Waals surface area contributed by atoms with E-state index in [0.717, 1.165) is 31.8 Å². The van der Waals surface area contributed by atoms with Crippen LogP contribution in [0, 0.1) is 5.92 Å². The Bertz CT molecular complexity index is 380. The van der Waals surface area contributed by atoms with E-state index in [1.165, 1.54) is 25.7 Å². The molecule has 1 saturated carbocycles. The van der Waals surface area contributed by atoms with Gasteiger partial charge in [0.1, 0.15) is 0 Å². The number of amides is 2. The fourth-order valence-electron chi connectivity index (χ4n) is 4.35. The van der Waals surface area contributed by atoms with E-state index in [4.69, 9.17) is 0 Å². The third-order valence-corrected chi connectivity index (χ3v) is 5.48. The van der Waals surface area contributed by atoms with Crippen LogP contribution < -0.4 is 5.32 Å². The average Bonchev–Trinajstić information content (AvgIpc) is 3.12. The third kappa shape index (κ3) is 3.53. The molecule has 0 aromatic carbocycles. The molecule has 1 N–H and O–H groups in total. The summed E-state index contributed by atoms with van der Waals surface area (Å²) in [5.41, 5.74) is 0. The van der Waals surface area contributed by atoms with Crippen molar-refractivity contribution in [3.63, 3.8) is 0 Å². The molecule has 2 saturated heterocycles. The van der Waals surface area contributed by atoms with Crippen molar-refractivity contribution in [1.82, 2.24) is 15.1 Å². The van der Waals surface area contributed by atoms with E-state index < -0.39 is 0 Å². The van der Waals surface area contributed by atoms with Gasteiger partial charge in [-0.05, 0) is 52.4 Å². The van der Waals surface area contributed by atoms with Crippen LogP contribution in [0.2, 0.25) is 0 Å². The van der Waals surface area contributed by atoms with Crippen molar-refractivity contribution >= 4 is 6.03 Å². The summed E-state index contributed by atoms with van der Waals surface area (Å²) in [6.45, 7) is 8.57. The maximum absolute atomic E-state index is 12.5. The van der Waals surface area contributed by atoms with Gasteiger partial charge in [-0.15, -0.1) is 0 Å². The Morgan fingerprint density at radius 2 is 1.81 bits per heavy atom. The first-order valence-corrected chi connectivity index (χ1v) is 8.87. The minimum Gasteiger partial charge on any atom is -0.336 e. The van der Waals surface area contributed by atoms with Crippen molar-refractivity contribution in [3.05, 3.63) is 0 Å². The van der Waals surface area contributed by atoms with E-state index in [1.807, 2.05) is 0 Å². The molecule has 3 aliphatic rings.